The molecule has 90 valence electrons. The number of aromatic hydroxyl groups is 1. The number of phenolic OH excluding ortho intramolecular Hbond substituents is 1. The van der Waals surface area contributed by atoms with Crippen LogP contribution in [-0.4, -0.2) is 11.1 Å². The standard InChI is InChI=1S/C14H18N2O/c15-10-14(11-5-4-8-13(17)9-11)16-12-6-2-1-3-7-12/h4-5,8-9,12,14,16-17H,1-3,6-7H2. The van der Waals surface area contributed by atoms with Crippen molar-refractivity contribution in [1.29, 1.82) is 5.26 Å². The molecule has 1 aliphatic rings. The largest absolute Gasteiger partial charge is 0.508 e. The van der Waals surface area contributed by atoms with Crippen molar-refractivity contribution in [2.45, 2.75) is 44.2 Å². The Balaban J connectivity index is 2.03. The molecular formula is C14H18N2O. The molecule has 0 aliphatic heterocycles. The van der Waals surface area contributed by atoms with Gasteiger partial charge in [0.1, 0.15) is 11.8 Å². The van der Waals surface area contributed by atoms with Crippen molar-refractivity contribution >= 4 is 0 Å². The first kappa shape index (κ1) is 11.9. The summed E-state index contributed by atoms with van der Waals surface area (Å²) in [5, 5.41) is 22.0. The van der Waals surface area contributed by atoms with Crippen molar-refractivity contribution < 1.29 is 5.11 Å². The monoisotopic (exact) mass is 230 g/mol. The first-order valence-corrected chi connectivity index (χ1v) is 6.24. The van der Waals surface area contributed by atoms with Crippen LogP contribution in [0.4, 0.5) is 0 Å². The Labute approximate surface area is 102 Å². The molecule has 3 heteroatoms. The molecule has 1 atom stereocenters. The molecule has 1 aliphatic carbocycles. The van der Waals surface area contributed by atoms with Gasteiger partial charge in [-0.05, 0) is 30.5 Å². The lowest BCUT2D eigenvalue weighted by atomic mass is 9.94. The topological polar surface area (TPSA) is 56.0 Å². The maximum Gasteiger partial charge on any atom is 0.121 e. The van der Waals surface area contributed by atoms with Crippen molar-refractivity contribution in [3.8, 4) is 11.8 Å². The fraction of sp³-hybridized carbons (Fsp3) is 0.500. The summed E-state index contributed by atoms with van der Waals surface area (Å²) < 4.78 is 0. The molecule has 1 fully saturated rings. The summed E-state index contributed by atoms with van der Waals surface area (Å²) in [6, 6.07) is 9.33. The quantitative estimate of drug-likeness (QED) is 0.839. The lowest BCUT2D eigenvalue weighted by Gasteiger charge is -2.25. The Morgan fingerprint density at radius 2 is 2.06 bits per heavy atom. The second-order valence-electron chi connectivity index (χ2n) is 4.66. The van der Waals surface area contributed by atoms with Crippen molar-refractivity contribution in [3.63, 3.8) is 0 Å². The summed E-state index contributed by atoms with van der Waals surface area (Å²) in [5.74, 6) is 0.216. The van der Waals surface area contributed by atoms with E-state index in [2.05, 4.69) is 11.4 Å². The Kier molecular flexibility index (Phi) is 4.00. The fourth-order valence-corrected chi connectivity index (χ4v) is 2.42. The van der Waals surface area contributed by atoms with E-state index in [0.29, 0.717) is 6.04 Å². The molecule has 3 nitrogen and oxygen atoms in total. The molecule has 0 heterocycles. The first-order valence-electron chi connectivity index (χ1n) is 6.24. The molecule has 1 unspecified atom stereocenters. The predicted octanol–water partition coefficient (Wildman–Crippen LogP) is 2.88. The molecule has 0 amide bonds. The zero-order chi connectivity index (χ0) is 12.1. The van der Waals surface area contributed by atoms with Gasteiger partial charge in [0, 0.05) is 6.04 Å². The summed E-state index contributed by atoms with van der Waals surface area (Å²) in [5.41, 5.74) is 0.845. The maximum atomic E-state index is 9.43. The van der Waals surface area contributed by atoms with Crippen LogP contribution in [0.25, 0.3) is 0 Å². The third-order valence-corrected chi connectivity index (χ3v) is 3.34. The zero-order valence-corrected chi connectivity index (χ0v) is 9.89. The second-order valence-corrected chi connectivity index (χ2v) is 4.66. The first-order chi connectivity index (χ1) is 8.29. The zero-order valence-electron chi connectivity index (χ0n) is 9.89. The summed E-state index contributed by atoms with van der Waals surface area (Å²) in [6.07, 6.45) is 6.10. The minimum Gasteiger partial charge on any atom is -0.508 e. The number of phenols is 1. The molecular weight excluding hydrogens is 212 g/mol. The summed E-state index contributed by atoms with van der Waals surface area (Å²) in [7, 11) is 0. The van der Waals surface area contributed by atoms with Crippen LogP contribution in [-0.2, 0) is 0 Å². The number of rotatable bonds is 3. The van der Waals surface area contributed by atoms with E-state index >= 15 is 0 Å². The van der Waals surface area contributed by atoms with Crippen LogP contribution in [0.2, 0.25) is 0 Å². The van der Waals surface area contributed by atoms with Gasteiger partial charge >= 0.3 is 0 Å². The minimum absolute atomic E-state index is 0.216. The van der Waals surface area contributed by atoms with Gasteiger partial charge in [0.2, 0.25) is 0 Å². The predicted molar refractivity (Wildman–Crippen MR) is 66.5 cm³/mol. The molecule has 1 aromatic rings. The van der Waals surface area contributed by atoms with E-state index in [-0.39, 0.29) is 11.8 Å². The van der Waals surface area contributed by atoms with Crippen LogP contribution in [0.5, 0.6) is 5.75 Å². The van der Waals surface area contributed by atoms with Gasteiger partial charge in [0.15, 0.2) is 0 Å². The highest BCUT2D eigenvalue weighted by Gasteiger charge is 2.18. The van der Waals surface area contributed by atoms with E-state index in [1.54, 1.807) is 18.2 Å². The van der Waals surface area contributed by atoms with Crippen LogP contribution >= 0.6 is 0 Å². The molecule has 0 bridgehead atoms. The highest BCUT2D eigenvalue weighted by atomic mass is 16.3. The van der Waals surface area contributed by atoms with Crippen molar-refractivity contribution in [1.82, 2.24) is 5.32 Å². The highest BCUT2D eigenvalue weighted by molar-refractivity contribution is 5.32. The normalized spacial score (nSPS) is 18.5. The molecule has 2 rings (SSSR count). The van der Waals surface area contributed by atoms with Crippen LogP contribution in [0.15, 0.2) is 24.3 Å². The smallest absolute Gasteiger partial charge is 0.121 e. The van der Waals surface area contributed by atoms with Crippen LogP contribution < -0.4 is 5.32 Å². The summed E-state index contributed by atoms with van der Waals surface area (Å²) in [4.78, 5) is 0. The van der Waals surface area contributed by atoms with Crippen LogP contribution in [0, 0.1) is 11.3 Å². The van der Waals surface area contributed by atoms with Crippen molar-refractivity contribution in [2.24, 2.45) is 0 Å². The molecule has 0 saturated heterocycles. The van der Waals surface area contributed by atoms with E-state index in [1.807, 2.05) is 6.07 Å². The third kappa shape index (κ3) is 3.21. The Hall–Kier alpha value is -1.53. The SMILES string of the molecule is N#CC(NC1CCCCC1)c1cccc(O)c1. The molecule has 0 spiro atoms. The van der Waals surface area contributed by atoms with Gasteiger partial charge in [-0.3, -0.25) is 5.32 Å². The molecule has 2 N–H and O–H groups in total. The van der Waals surface area contributed by atoms with Gasteiger partial charge in [-0.1, -0.05) is 31.4 Å². The molecule has 1 saturated carbocycles. The summed E-state index contributed by atoms with van der Waals surface area (Å²) >= 11 is 0. The van der Waals surface area contributed by atoms with Gasteiger partial charge in [0.05, 0.1) is 6.07 Å². The lowest BCUT2D eigenvalue weighted by Crippen LogP contribution is -2.33. The Morgan fingerprint density at radius 1 is 1.29 bits per heavy atom. The minimum atomic E-state index is -0.315. The lowest BCUT2D eigenvalue weighted by molar-refractivity contribution is 0.359. The number of hydrogen-bond donors (Lipinski definition) is 2. The Bertz CT molecular complexity index is 405. The third-order valence-electron chi connectivity index (χ3n) is 3.34. The molecule has 1 aromatic carbocycles. The highest BCUT2D eigenvalue weighted by Crippen LogP contribution is 2.23. The van der Waals surface area contributed by atoms with E-state index in [0.717, 1.165) is 18.4 Å². The Morgan fingerprint density at radius 3 is 2.71 bits per heavy atom. The molecule has 0 aromatic heterocycles. The average Bonchev–Trinajstić information content (AvgIpc) is 2.37. The molecule has 17 heavy (non-hydrogen) atoms. The van der Waals surface area contributed by atoms with Gasteiger partial charge in [-0.15, -0.1) is 0 Å². The average molecular weight is 230 g/mol. The van der Waals surface area contributed by atoms with Gasteiger partial charge < -0.3 is 5.11 Å². The summed E-state index contributed by atoms with van der Waals surface area (Å²) in [6.45, 7) is 0. The molecule has 0 radical (unpaired) electrons. The van der Waals surface area contributed by atoms with E-state index < -0.39 is 0 Å². The maximum absolute atomic E-state index is 9.43. The van der Waals surface area contributed by atoms with Gasteiger partial charge in [0.25, 0.3) is 0 Å². The van der Waals surface area contributed by atoms with Crippen LogP contribution in [0.1, 0.15) is 43.7 Å². The van der Waals surface area contributed by atoms with Crippen molar-refractivity contribution in [3.05, 3.63) is 29.8 Å². The fourth-order valence-electron chi connectivity index (χ4n) is 2.42. The van der Waals surface area contributed by atoms with E-state index in [9.17, 15) is 10.4 Å². The van der Waals surface area contributed by atoms with Gasteiger partial charge in [-0.25, -0.2) is 0 Å². The van der Waals surface area contributed by atoms with Gasteiger partial charge in [-0.2, -0.15) is 5.26 Å². The van der Waals surface area contributed by atoms with Crippen molar-refractivity contribution in [2.75, 3.05) is 0 Å². The number of nitrogens with one attached hydrogen (secondary N) is 1. The van der Waals surface area contributed by atoms with Crippen LogP contribution in [0.3, 0.4) is 0 Å². The number of nitriles is 1. The number of nitrogens with zero attached hydrogens (tertiary/aromatic N) is 1. The number of hydrogen-bond acceptors (Lipinski definition) is 3. The second kappa shape index (κ2) is 5.70. The van der Waals surface area contributed by atoms with E-state index in [1.165, 1.54) is 19.3 Å². The van der Waals surface area contributed by atoms with E-state index in [4.69, 9.17) is 0 Å². The number of benzene rings is 1.